The number of alkyl halides is 2. The van der Waals surface area contributed by atoms with Crippen LogP contribution in [0.2, 0.25) is 0 Å². The first-order chi connectivity index (χ1) is 19.2. The van der Waals surface area contributed by atoms with E-state index in [4.69, 9.17) is 28.4 Å². The van der Waals surface area contributed by atoms with Crippen molar-refractivity contribution in [1.29, 1.82) is 0 Å². The summed E-state index contributed by atoms with van der Waals surface area (Å²) >= 11 is 0. The molecule has 1 amide bonds. The van der Waals surface area contributed by atoms with Crippen LogP contribution >= 0.6 is 0 Å². The molecule has 0 spiro atoms. The molecule has 0 aliphatic carbocycles. The predicted octanol–water partition coefficient (Wildman–Crippen LogP) is 2.56. The van der Waals surface area contributed by atoms with Crippen molar-refractivity contribution in [1.82, 2.24) is 10.3 Å². The lowest BCUT2D eigenvalue weighted by atomic mass is 9.91. The van der Waals surface area contributed by atoms with E-state index in [0.717, 1.165) is 5.56 Å². The number of carbonyl (C=O) groups excluding carboxylic acids is 3. The van der Waals surface area contributed by atoms with Crippen LogP contribution in [0.15, 0.2) is 42.6 Å². The summed E-state index contributed by atoms with van der Waals surface area (Å²) in [7, 11) is 1.35. The molecular weight excluding hydrogens is 534 g/mol. The van der Waals surface area contributed by atoms with Gasteiger partial charge in [-0.25, -0.2) is 18.6 Å². The second-order valence-electron chi connectivity index (χ2n) is 8.93. The average Bonchev–Trinajstić information content (AvgIpc) is 2.96. The molecule has 13 heteroatoms. The number of nitrogens with one attached hydrogen (secondary N) is 1. The fourth-order valence-corrected chi connectivity index (χ4v) is 4.15. The van der Waals surface area contributed by atoms with Crippen molar-refractivity contribution in [3.8, 4) is 11.5 Å². The van der Waals surface area contributed by atoms with Crippen molar-refractivity contribution in [2.24, 2.45) is 5.92 Å². The zero-order chi connectivity index (χ0) is 29.1. The summed E-state index contributed by atoms with van der Waals surface area (Å²) in [5, 5.41) is 2.52. The van der Waals surface area contributed by atoms with Gasteiger partial charge in [-0.1, -0.05) is 30.3 Å². The maximum atomic E-state index is 13.2. The highest BCUT2D eigenvalue weighted by Gasteiger charge is 2.36. The van der Waals surface area contributed by atoms with Gasteiger partial charge in [0.1, 0.15) is 12.7 Å². The maximum Gasteiger partial charge on any atom is 0.331 e. The van der Waals surface area contributed by atoms with E-state index in [-0.39, 0.29) is 30.4 Å². The minimum absolute atomic E-state index is 0.0459. The maximum absolute atomic E-state index is 13.2. The lowest BCUT2D eigenvalue weighted by molar-refractivity contribution is -0.162. The number of amides is 1. The average molecular weight is 567 g/mol. The number of methoxy groups -OCH3 is 1. The highest BCUT2D eigenvalue weighted by Crippen LogP contribution is 2.30. The van der Waals surface area contributed by atoms with Crippen LogP contribution in [-0.4, -0.2) is 81.2 Å². The van der Waals surface area contributed by atoms with Crippen LogP contribution < -0.4 is 14.8 Å². The zero-order valence-corrected chi connectivity index (χ0v) is 22.3. The Bertz CT molecular complexity index is 1140. The number of hydrogen-bond acceptors (Lipinski definition) is 10. The predicted molar refractivity (Wildman–Crippen MR) is 135 cm³/mol. The second-order valence-corrected chi connectivity index (χ2v) is 8.93. The molecular formula is C27H32F2N2O9. The first kappa shape index (κ1) is 30.7. The zero-order valence-electron chi connectivity index (χ0n) is 22.3. The minimum atomic E-state index is -2.71. The number of esters is 2. The van der Waals surface area contributed by atoms with E-state index in [9.17, 15) is 23.2 Å². The van der Waals surface area contributed by atoms with Crippen molar-refractivity contribution < 1.29 is 51.6 Å². The van der Waals surface area contributed by atoms with Crippen molar-refractivity contribution >= 4 is 17.8 Å². The summed E-state index contributed by atoms with van der Waals surface area (Å²) in [6.07, 6.45) is -2.82. The summed E-state index contributed by atoms with van der Waals surface area (Å²) in [5.41, 5.74) is 0.682. The molecule has 1 saturated heterocycles. The Balaban J connectivity index is 1.78. The molecule has 11 nitrogen and oxygen atoms in total. The number of rotatable bonds is 11. The van der Waals surface area contributed by atoms with Crippen molar-refractivity contribution in [2.75, 3.05) is 33.7 Å². The van der Waals surface area contributed by atoms with Gasteiger partial charge in [-0.15, -0.1) is 0 Å². The molecule has 2 aromatic rings. The Morgan fingerprint density at radius 1 is 1.18 bits per heavy atom. The van der Waals surface area contributed by atoms with E-state index in [0.29, 0.717) is 6.42 Å². The van der Waals surface area contributed by atoms with E-state index in [1.54, 1.807) is 6.92 Å². The van der Waals surface area contributed by atoms with Crippen LogP contribution in [0.1, 0.15) is 29.9 Å². The summed E-state index contributed by atoms with van der Waals surface area (Å²) in [6, 6.07) is 9.51. The largest absolute Gasteiger partial charge is 0.493 e. The topological polar surface area (TPSA) is 132 Å². The Morgan fingerprint density at radius 3 is 2.60 bits per heavy atom. The Kier molecular flexibility index (Phi) is 11.6. The van der Waals surface area contributed by atoms with Gasteiger partial charge in [0.05, 0.1) is 26.4 Å². The third-order valence-electron chi connectivity index (χ3n) is 5.96. The Labute approximate surface area is 230 Å². The first-order valence-electron chi connectivity index (χ1n) is 12.5. The minimum Gasteiger partial charge on any atom is -0.493 e. The molecule has 3 rings (SSSR count). The van der Waals surface area contributed by atoms with Gasteiger partial charge in [-0.3, -0.25) is 9.59 Å². The molecule has 1 aliphatic rings. The number of hydrogen-bond donors (Lipinski definition) is 1. The second kappa shape index (κ2) is 15.1. The Hall–Kier alpha value is -3.84. The molecule has 0 unspecified atom stereocenters. The molecule has 40 heavy (non-hydrogen) atoms. The lowest BCUT2D eigenvalue weighted by Crippen LogP contribution is -2.46. The van der Waals surface area contributed by atoms with E-state index < -0.39 is 61.8 Å². The van der Waals surface area contributed by atoms with Crippen molar-refractivity contribution in [3.63, 3.8) is 0 Å². The van der Waals surface area contributed by atoms with E-state index >= 15 is 0 Å². The van der Waals surface area contributed by atoms with E-state index in [1.165, 1.54) is 26.3 Å². The number of carbonyl (C=O) groups is 3. The standard InChI is InChI=1S/C27H32F2N2O9/c1-16-24(37-14-22(28)29)19(11-18-7-5-4-6-8-18)12-36-13-20(27(34)40-16)31-26(33)23-25(39-15-38-17(2)32)21(35-3)9-10-30-23/h4-10,16,19-20,22,24H,11-15H2,1-3H3,(H,31,33)/t16-,19-,20-,24-/m0/s1. The van der Waals surface area contributed by atoms with E-state index in [1.807, 2.05) is 30.3 Å². The van der Waals surface area contributed by atoms with Crippen LogP contribution in [-0.2, 0) is 35.0 Å². The third-order valence-corrected chi connectivity index (χ3v) is 5.96. The normalized spacial score (nSPS) is 21.4. The van der Waals surface area contributed by atoms with Crippen LogP contribution in [0.3, 0.4) is 0 Å². The van der Waals surface area contributed by atoms with Crippen LogP contribution in [0.4, 0.5) is 8.78 Å². The third kappa shape index (κ3) is 8.85. The molecule has 1 aliphatic heterocycles. The first-order valence-corrected chi connectivity index (χ1v) is 12.5. The molecule has 218 valence electrons. The molecule has 1 aromatic heterocycles. The molecule has 2 heterocycles. The summed E-state index contributed by atoms with van der Waals surface area (Å²) in [4.78, 5) is 41.3. The van der Waals surface area contributed by atoms with Crippen LogP contribution in [0.5, 0.6) is 11.5 Å². The highest BCUT2D eigenvalue weighted by atomic mass is 19.3. The van der Waals surface area contributed by atoms with Gasteiger partial charge >= 0.3 is 11.9 Å². The van der Waals surface area contributed by atoms with Gasteiger partial charge in [0.25, 0.3) is 12.3 Å². The number of benzene rings is 1. The lowest BCUT2D eigenvalue weighted by Gasteiger charge is -2.30. The fourth-order valence-electron chi connectivity index (χ4n) is 4.15. The number of nitrogens with zero attached hydrogens (tertiary/aromatic N) is 1. The van der Waals surface area contributed by atoms with Gasteiger partial charge in [0, 0.05) is 25.1 Å². The van der Waals surface area contributed by atoms with Crippen molar-refractivity contribution in [3.05, 3.63) is 53.9 Å². The molecule has 0 radical (unpaired) electrons. The van der Waals surface area contributed by atoms with E-state index in [2.05, 4.69) is 10.3 Å². The number of cyclic esters (lactones) is 1. The monoisotopic (exact) mass is 566 g/mol. The SMILES string of the molecule is COc1ccnc(C(=O)N[C@H]2COC[C@H](Cc3ccccc3)[C@@H](OCC(F)F)[C@H](C)OC2=O)c1OCOC(C)=O. The van der Waals surface area contributed by atoms with Crippen LogP contribution in [0, 0.1) is 5.92 Å². The molecule has 1 aromatic carbocycles. The molecule has 0 saturated carbocycles. The summed E-state index contributed by atoms with van der Waals surface area (Å²) < 4.78 is 58.3. The van der Waals surface area contributed by atoms with Gasteiger partial charge in [0.2, 0.25) is 6.79 Å². The summed E-state index contributed by atoms with van der Waals surface area (Å²) in [6.45, 7) is 1.17. The molecule has 1 N–H and O–H groups in total. The number of ether oxygens (including phenoxy) is 6. The van der Waals surface area contributed by atoms with Crippen LogP contribution in [0.25, 0.3) is 0 Å². The van der Waals surface area contributed by atoms with Crippen molar-refractivity contribution in [2.45, 2.75) is 44.9 Å². The molecule has 1 fully saturated rings. The fraction of sp³-hybridized carbons (Fsp3) is 0.481. The highest BCUT2D eigenvalue weighted by molar-refractivity contribution is 5.98. The summed E-state index contributed by atoms with van der Waals surface area (Å²) in [5.74, 6) is -2.68. The number of aromatic nitrogens is 1. The number of pyridine rings is 1. The number of halogens is 2. The van der Waals surface area contributed by atoms with Gasteiger partial charge < -0.3 is 33.7 Å². The smallest absolute Gasteiger partial charge is 0.331 e. The quantitative estimate of drug-likeness (QED) is 0.320. The van der Waals surface area contributed by atoms with Gasteiger partial charge in [-0.05, 0) is 18.9 Å². The molecule has 4 atom stereocenters. The van der Waals surface area contributed by atoms with Gasteiger partial charge in [0.15, 0.2) is 23.2 Å². The Morgan fingerprint density at radius 2 is 1.93 bits per heavy atom. The van der Waals surface area contributed by atoms with Gasteiger partial charge in [-0.2, -0.15) is 0 Å². The molecule has 0 bridgehead atoms.